The molecule has 2 rings (SSSR count). The summed E-state index contributed by atoms with van der Waals surface area (Å²) in [5.74, 6) is -1.44. The maximum absolute atomic E-state index is 12.5. The number of halogens is 1. The van der Waals surface area contributed by atoms with Gasteiger partial charge in [-0.15, -0.1) is 0 Å². The Balaban J connectivity index is 2.23. The van der Waals surface area contributed by atoms with Crippen LogP contribution in [-0.4, -0.2) is 35.4 Å². The molecule has 0 spiro atoms. The highest BCUT2D eigenvalue weighted by molar-refractivity contribution is 6.34. The Morgan fingerprint density at radius 2 is 1.74 bits per heavy atom. The molecule has 8 heteroatoms. The van der Waals surface area contributed by atoms with Gasteiger partial charge in [-0.3, -0.25) is 14.6 Å². The van der Waals surface area contributed by atoms with Crippen LogP contribution in [-0.2, 0) is 4.74 Å². The van der Waals surface area contributed by atoms with Crippen LogP contribution in [0, 0.1) is 0 Å². The van der Waals surface area contributed by atoms with Gasteiger partial charge in [-0.1, -0.05) is 11.6 Å². The van der Waals surface area contributed by atoms with Crippen molar-refractivity contribution in [2.45, 2.75) is 26.3 Å². The molecule has 0 saturated carbocycles. The molecule has 0 aliphatic carbocycles. The SMILES string of the molecule is COC(=O)c1ccc(Cl)c(NC(=O)c2cc(C(=O)NC(C)(C)C)ccn2)c1. The van der Waals surface area contributed by atoms with Crippen molar-refractivity contribution in [2.24, 2.45) is 0 Å². The molecule has 0 unspecified atom stereocenters. The maximum Gasteiger partial charge on any atom is 0.337 e. The summed E-state index contributed by atoms with van der Waals surface area (Å²) in [6, 6.07) is 7.27. The topological polar surface area (TPSA) is 97.4 Å². The molecule has 0 radical (unpaired) electrons. The lowest BCUT2D eigenvalue weighted by molar-refractivity contribution is 0.0600. The standard InChI is InChI=1S/C19H20ClN3O4/c1-19(2,3)23-16(24)11-7-8-21-15(9-11)17(25)22-14-10-12(18(26)27-4)5-6-13(14)20/h5-10H,1-4H3,(H,22,25)(H,23,24). The molecule has 0 aliphatic rings. The molecule has 2 aromatic rings. The van der Waals surface area contributed by atoms with E-state index in [9.17, 15) is 14.4 Å². The van der Waals surface area contributed by atoms with Crippen molar-refractivity contribution in [3.63, 3.8) is 0 Å². The Hall–Kier alpha value is -2.93. The first kappa shape index (κ1) is 20.4. The lowest BCUT2D eigenvalue weighted by atomic mass is 10.1. The van der Waals surface area contributed by atoms with Crippen LogP contribution in [0.25, 0.3) is 0 Å². The normalized spacial score (nSPS) is 10.9. The second-order valence-corrected chi connectivity index (χ2v) is 7.18. The van der Waals surface area contributed by atoms with Gasteiger partial charge in [-0.05, 0) is 51.1 Å². The number of anilines is 1. The number of amides is 2. The quantitative estimate of drug-likeness (QED) is 0.782. The molecular formula is C19H20ClN3O4. The van der Waals surface area contributed by atoms with Gasteiger partial charge >= 0.3 is 5.97 Å². The number of carbonyl (C=O) groups excluding carboxylic acids is 3. The predicted octanol–water partition coefficient (Wildman–Crippen LogP) is 3.30. The van der Waals surface area contributed by atoms with Crippen molar-refractivity contribution in [1.82, 2.24) is 10.3 Å². The van der Waals surface area contributed by atoms with Gasteiger partial charge in [0, 0.05) is 17.3 Å². The molecule has 1 aromatic heterocycles. The monoisotopic (exact) mass is 389 g/mol. The zero-order valence-corrected chi connectivity index (χ0v) is 16.2. The molecule has 0 aliphatic heterocycles. The molecule has 0 fully saturated rings. The summed E-state index contributed by atoms with van der Waals surface area (Å²) < 4.78 is 4.65. The minimum atomic E-state index is -0.565. The first-order chi connectivity index (χ1) is 12.6. The van der Waals surface area contributed by atoms with Gasteiger partial charge in [0.25, 0.3) is 11.8 Å². The van der Waals surface area contributed by atoms with Crippen LogP contribution in [0.1, 0.15) is 52.0 Å². The van der Waals surface area contributed by atoms with E-state index in [1.165, 1.54) is 43.6 Å². The van der Waals surface area contributed by atoms with Crippen LogP contribution in [0.4, 0.5) is 5.69 Å². The van der Waals surface area contributed by atoms with Gasteiger partial charge < -0.3 is 15.4 Å². The average Bonchev–Trinajstić information content (AvgIpc) is 2.61. The molecule has 0 atom stereocenters. The third-order valence-corrected chi connectivity index (χ3v) is 3.71. The zero-order chi connectivity index (χ0) is 20.2. The number of rotatable bonds is 4. The first-order valence-electron chi connectivity index (χ1n) is 8.08. The van der Waals surface area contributed by atoms with Crippen LogP contribution in [0.15, 0.2) is 36.5 Å². The number of nitrogens with one attached hydrogen (secondary N) is 2. The molecule has 27 heavy (non-hydrogen) atoms. The number of methoxy groups -OCH3 is 1. The average molecular weight is 390 g/mol. The fraction of sp³-hybridized carbons (Fsp3) is 0.263. The second-order valence-electron chi connectivity index (χ2n) is 6.77. The third-order valence-electron chi connectivity index (χ3n) is 3.38. The molecule has 1 aromatic carbocycles. The van der Waals surface area contributed by atoms with E-state index in [4.69, 9.17) is 11.6 Å². The molecule has 7 nitrogen and oxygen atoms in total. The van der Waals surface area contributed by atoms with Gasteiger partial charge in [-0.25, -0.2) is 4.79 Å². The maximum atomic E-state index is 12.5. The highest BCUT2D eigenvalue weighted by Gasteiger charge is 2.18. The number of ether oxygens (including phenoxy) is 1. The highest BCUT2D eigenvalue weighted by atomic mass is 35.5. The minimum Gasteiger partial charge on any atom is -0.465 e. The van der Waals surface area contributed by atoms with E-state index in [0.717, 1.165) is 0 Å². The Bertz CT molecular complexity index is 891. The summed E-state index contributed by atoms with van der Waals surface area (Å²) in [5.41, 5.74) is 0.403. The lowest BCUT2D eigenvalue weighted by Gasteiger charge is -2.20. The Morgan fingerprint density at radius 1 is 1.04 bits per heavy atom. The van der Waals surface area contributed by atoms with Crippen molar-refractivity contribution < 1.29 is 19.1 Å². The largest absolute Gasteiger partial charge is 0.465 e. The number of benzene rings is 1. The second kappa shape index (κ2) is 8.18. The third kappa shape index (κ3) is 5.52. The van der Waals surface area contributed by atoms with Gasteiger partial charge in [0.15, 0.2) is 0 Å². The van der Waals surface area contributed by atoms with Gasteiger partial charge in [0.1, 0.15) is 5.69 Å². The zero-order valence-electron chi connectivity index (χ0n) is 15.4. The fourth-order valence-electron chi connectivity index (χ4n) is 2.16. The van der Waals surface area contributed by atoms with Gasteiger partial charge in [0.2, 0.25) is 0 Å². The molecule has 2 N–H and O–H groups in total. The number of nitrogens with zero attached hydrogens (tertiary/aromatic N) is 1. The summed E-state index contributed by atoms with van der Waals surface area (Å²) in [6.45, 7) is 5.57. The molecule has 142 valence electrons. The van der Waals surface area contributed by atoms with Gasteiger partial charge in [0.05, 0.1) is 23.4 Å². The van der Waals surface area contributed by atoms with Crippen molar-refractivity contribution in [3.05, 3.63) is 58.4 Å². The summed E-state index contributed by atoms with van der Waals surface area (Å²) in [4.78, 5) is 40.4. The summed E-state index contributed by atoms with van der Waals surface area (Å²) in [5, 5.41) is 5.65. The van der Waals surface area contributed by atoms with Crippen molar-refractivity contribution in [3.8, 4) is 0 Å². The van der Waals surface area contributed by atoms with Crippen LogP contribution >= 0.6 is 11.6 Å². The minimum absolute atomic E-state index is 0.0381. The van der Waals surface area contributed by atoms with E-state index in [2.05, 4.69) is 20.4 Å². The lowest BCUT2D eigenvalue weighted by Crippen LogP contribution is -2.40. The fourth-order valence-corrected chi connectivity index (χ4v) is 2.33. The van der Waals surface area contributed by atoms with E-state index >= 15 is 0 Å². The number of pyridine rings is 1. The van der Waals surface area contributed by atoms with Crippen molar-refractivity contribution >= 4 is 35.1 Å². The van der Waals surface area contributed by atoms with E-state index in [1.54, 1.807) is 0 Å². The van der Waals surface area contributed by atoms with E-state index in [0.29, 0.717) is 5.56 Å². The smallest absolute Gasteiger partial charge is 0.337 e. The summed E-state index contributed by atoms with van der Waals surface area (Å²) in [7, 11) is 1.26. The van der Waals surface area contributed by atoms with Gasteiger partial charge in [-0.2, -0.15) is 0 Å². The van der Waals surface area contributed by atoms with Crippen molar-refractivity contribution in [2.75, 3.05) is 12.4 Å². The van der Waals surface area contributed by atoms with Crippen LogP contribution in [0.3, 0.4) is 0 Å². The summed E-state index contributed by atoms with van der Waals surface area (Å²) >= 11 is 6.08. The predicted molar refractivity (Wildman–Crippen MR) is 102 cm³/mol. The number of aromatic nitrogens is 1. The molecule has 1 heterocycles. The van der Waals surface area contributed by atoms with Crippen molar-refractivity contribution in [1.29, 1.82) is 0 Å². The number of hydrogen-bond donors (Lipinski definition) is 2. The van der Waals surface area contributed by atoms with E-state index in [1.807, 2.05) is 20.8 Å². The molecular weight excluding hydrogens is 370 g/mol. The molecule has 0 saturated heterocycles. The van der Waals surface area contributed by atoms with E-state index < -0.39 is 17.4 Å². The Labute approximate surface area is 162 Å². The van der Waals surface area contributed by atoms with Crippen LogP contribution in [0.5, 0.6) is 0 Å². The first-order valence-corrected chi connectivity index (χ1v) is 8.46. The Kier molecular flexibility index (Phi) is 6.17. The van der Waals surface area contributed by atoms with Crippen LogP contribution in [0.2, 0.25) is 5.02 Å². The highest BCUT2D eigenvalue weighted by Crippen LogP contribution is 2.24. The number of carbonyl (C=O) groups is 3. The Morgan fingerprint density at radius 3 is 2.37 bits per heavy atom. The number of esters is 1. The molecule has 0 bridgehead atoms. The number of hydrogen-bond acceptors (Lipinski definition) is 5. The van der Waals surface area contributed by atoms with Crippen LogP contribution < -0.4 is 10.6 Å². The van der Waals surface area contributed by atoms with E-state index in [-0.39, 0.29) is 27.9 Å². The summed E-state index contributed by atoms with van der Waals surface area (Å²) in [6.07, 6.45) is 1.37. The molecule has 2 amide bonds.